The summed E-state index contributed by atoms with van der Waals surface area (Å²) in [5.41, 5.74) is 5.93. The zero-order chi connectivity index (χ0) is 19.8. The van der Waals surface area contributed by atoms with Gasteiger partial charge in [0.15, 0.2) is 0 Å². The number of aryl methyl sites for hydroxylation is 1. The zero-order valence-corrected chi connectivity index (χ0v) is 17.1. The number of carbonyl (C=O) groups is 2. The van der Waals surface area contributed by atoms with Gasteiger partial charge in [-0.1, -0.05) is 35.0 Å². The van der Waals surface area contributed by atoms with Crippen molar-refractivity contribution >= 4 is 45.3 Å². The van der Waals surface area contributed by atoms with E-state index >= 15 is 0 Å². The third kappa shape index (κ3) is 6.53. The number of hydrazone groups is 1. The molecule has 0 aliphatic rings. The number of hydrogen-bond acceptors (Lipinski definition) is 4. The lowest BCUT2D eigenvalue weighted by atomic mass is 10.1. The largest absolute Gasteiger partial charge is 0.355 e. The number of nitrogens with one attached hydrogen (secondary N) is 3. The van der Waals surface area contributed by atoms with Crippen molar-refractivity contribution in [1.29, 1.82) is 0 Å². The third-order valence-corrected chi connectivity index (χ3v) is 4.37. The molecule has 2 aromatic rings. The van der Waals surface area contributed by atoms with E-state index in [-0.39, 0.29) is 6.04 Å². The third-order valence-electron chi connectivity index (χ3n) is 3.88. The minimum atomic E-state index is -0.797. The summed E-state index contributed by atoms with van der Waals surface area (Å²) >= 11 is 3.43. The average Bonchev–Trinajstić information content (AvgIpc) is 2.63. The highest BCUT2D eigenvalue weighted by molar-refractivity contribution is 9.10. The maximum absolute atomic E-state index is 11.8. The van der Waals surface area contributed by atoms with Crippen LogP contribution >= 0.6 is 15.9 Å². The van der Waals surface area contributed by atoms with Crippen LogP contribution in [0.5, 0.6) is 0 Å². The fraction of sp³-hybridized carbons (Fsp3) is 0.250. The van der Waals surface area contributed by atoms with Gasteiger partial charge < -0.3 is 10.6 Å². The lowest BCUT2D eigenvalue weighted by molar-refractivity contribution is -0.139. The highest BCUT2D eigenvalue weighted by Crippen LogP contribution is 2.24. The summed E-state index contributed by atoms with van der Waals surface area (Å²) in [6.45, 7) is 5.78. The molecule has 7 heteroatoms. The number of nitrogens with zero attached hydrogens (tertiary/aromatic N) is 1. The van der Waals surface area contributed by atoms with Crippen molar-refractivity contribution in [2.75, 3.05) is 5.32 Å². The molecule has 0 radical (unpaired) electrons. The van der Waals surface area contributed by atoms with Crippen molar-refractivity contribution in [3.63, 3.8) is 0 Å². The topological polar surface area (TPSA) is 82.6 Å². The van der Waals surface area contributed by atoms with Crippen LogP contribution < -0.4 is 16.1 Å². The van der Waals surface area contributed by atoms with Crippen molar-refractivity contribution in [3.8, 4) is 0 Å². The van der Waals surface area contributed by atoms with Crippen molar-refractivity contribution in [2.24, 2.45) is 5.10 Å². The molecule has 0 aliphatic heterocycles. The molecule has 0 aromatic heterocycles. The Morgan fingerprint density at radius 2 is 1.96 bits per heavy atom. The predicted octanol–water partition coefficient (Wildman–Crippen LogP) is 3.87. The average molecular weight is 431 g/mol. The van der Waals surface area contributed by atoms with Crippen LogP contribution in [-0.2, 0) is 9.59 Å². The van der Waals surface area contributed by atoms with E-state index in [1.54, 1.807) is 0 Å². The number of rotatable bonds is 6. The molecule has 2 aromatic carbocycles. The Labute approximate surface area is 167 Å². The van der Waals surface area contributed by atoms with Crippen LogP contribution in [0.4, 0.5) is 11.4 Å². The summed E-state index contributed by atoms with van der Waals surface area (Å²) in [6.07, 6.45) is 2.24. The van der Waals surface area contributed by atoms with Crippen LogP contribution in [0.25, 0.3) is 0 Å². The van der Waals surface area contributed by atoms with Crippen LogP contribution in [0.2, 0.25) is 0 Å². The smallest absolute Gasteiger partial charge is 0.329 e. The second-order valence-corrected chi connectivity index (χ2v) is 7.12. The van der Waals surface area contributed by atoms with Crippen LogP contribution in [0.1, 0.15) is 31.4 Å². The van der Waals surface area contributed by atoms with E-state index in [1.807, 2.05) is 63.2 Å². The number of carbonyl (C=O) groups excluding carboxylic acids is 2. The monoisotopic (exact) mass is 430 g/mol. The number of amides is 2. The molecule has 6 nitrogen and oxygen atoms in total. The molecule has 142 valence electrons. The molecule has 2 rings (SSSR count). The van der Waals surface area contributed by atoms with Gasteiger partial charge in [-0.3, -0.25) is 9.59 Å². The molecule has 0 heterocycles. The van der Waals surface area contributed by atoms with Gasteiger partial charge in [-0.25, -0.2) is 5.43 Å². The highest BCUT2D eigenvalue weighted by atomic mass is 79.9. The molecule has 0 fully saturated rings. The minimum Gasteiger partial charge on any atom is -0.355 e. The molecule has 0 unspecified atom stereocenters. The number of anilines is 2. The molecular weight excluding hydrogens is 408 g/mol. The summed E-state index contributed by atoms with van der Waals surface area (Å²) in [7, 11) is 0. The lowest BCUT2D eigenvalue weighted by Gasteiger charge is -2.11. The zero-order valence-electron chi connectivity index (χ0n) is 15.5. The van der Waals surface area contributed by atoms with Gasteiger partial charge in [0.1, 0.15) is 0 Å². The Bertz CT molecular complexity index is 852. The van der Waals surface area contributed by atoms with E-state index < -0.39 is 11.8 Å². The summed E-state index contributed by atoms with van der Waals surface area (Å²) in [4.78, 5) is 23.5. The molecule has 1 atom stereocenters. The van der Waals surface area contributed by atoms with Gasteiger partial charge in [0, 0.05) is 27.5 Å². The first-order valence-electron chi connectivity index (χ1n) is 8.66. The van der Waals surface area contributed by atoms with Crippen LogP contribution in [-0.4, -0.2) is 24.1 Å². The summed E-state index contributed by atoms with van der Waals surface area (Å²) in [5, 5.41) is 9.83. The van der Waals surface area contributed by atoms with Crippen molar-refractivity contribution in [2.45, 2.75) is 33.2 Å². The van der Waals surface area contributed by atoms with Gasteiger partial charge >= 0.3 is 11.8 Å². The van der Waals surface area contributed by atoms with Gasteiger partial charge in [0.25, 0.3) is 0 Å². The molecule has 27 heavy (non-hydrogen) atoms. The molecular formula is C20H23BrN4O2. The molecule has 0 saturated heterocycles. The van der Waals surface area contributed by atoms with Crippen LogP contribution in [0.3, 0.4) is 0 Å². The predicted molar refractivity (Wildman–Crippen MR) is 112 cm³/mol. The van der Waals surface area contributed by atoms with E-state index in [4.69, 9.17) is 0 Å². The molecule has 0 bridgehead atoms. The number of benzene rings is 2. The van der Waals surface area contributed by atoms with E-state index in [0.29, 0.717) is 0 Å². The van der Waals surface area contributed by atoms with Gasteiger partial charge in [-0.05, 0) is 56.2 Å². The summed E-state index contributed by atoms with van der Waals surface area (Å²) < 4.78 is 0.875. The first-order chi connectivity index (χ1) is 12.9. The fourth-order valence-corrected chi connectivity index (χ4v) is 2.61. The van der Waals surface area contributed by atoms with Gasteiger partial charge in [-0.2, -0.15) is 5.10 Å². The first kappa shape index (κ1) is 20.6. The number of halogens is 1. The Morgan fingerprint density at radius 3 is 2.67 bits per heavy atom. The number of hydrogen-bond donors (Lipinski definition) is 3. The van der Waals surface area contributed by atoms with E-state index in [0.717, 1.165) is 33.4 Å². The SMILES string of the molecule is CC[C@@H](C)NC(=O)C(=O)N/N=C\c1cc(Br)ccc1Nc1cccc(C)c1. The van der Waals surface area contributed by atoms with Crippen molar-refractivity contribution in [1.82, 2.24) is 10.7 Å². The quantitative estimate of drug-likeness (QED) is 0.369. The lowest BCUT2D eigenvalue weighted by Crippen LogP contribution is -2.41. The maximum atomic E-state index is 11.8. The van der Waals surface area contributed by atoms with E-state index in [1.165, 1.54) is 6.21 Å². The van der Waals surface area contributed by atoms with Crippen LogP contribution in [0, 0.1) is 6.92 Å². The molecule has 0 saturated carbocycles. The highest BCUT2D eigenvalue weighted by Gasteiger charge is 2.14. The van der Waals surface area contributed by atoms with Gasteiger partial charge in [-0.15, -0.1) is 0 Å². The Morgan fingerprint density at radius 1 is 1.19 bits per heavy atom. The molecule has 2 amide bonds. The Kier molecular flexibility index (Phi) is 7.55. The maximum Gasteiger partial charge on any atom is 0.329 e. The van der Waals surface area contributed by atoms with Gasteiger partial charge in [0.2, 0.25) is 0 Å². The first-order valence-corrected chi connectivity index (χ1v) is 9.45. The Balaban J connectivity index is 2.09. The standard InChI is InChI=1S/C20H23BrN4O2/c1-4-14(3)23-19(26)20(27)25-22-12-15-11-16(21)8-9-18(15)24-17-7-5-6-13(2)10-17/h5-12,14,24H,4H2,1-3H3,(H,23,26)(H,25,27)/b22-12-/t14-/m1/s1. The van der Waals surface area contributed by atoms with Crippen molar-refractivity contribution < 1.29 is 9.59 Å². The summed E-state index contributed by atoms with van der Waals surface area (Å²) in [5.74, 6) is -1.50. The van der Waals surface area contributed by atoms with E-state index in [9.17, 15) is 9.59 Å². The Hall–Kier alpha value is -2.67. The van der Waals surface area contributed by atoms with Crippen molar-refractivity contribution in [3.05, 3.63) is 58.1 Å². The second-order valence-electron chi connectivity index (χ2n) is 6.21. The van der Waals surface area contributed by atoms with Crippen LogP contribution in [0.15, 0.2) is 52.0 Å². The van der Waals surface area contributed by atoms with E-state index in [2.05, 4.69) is 37.1 Å². The normalized spacial score (nSPS) is 11.9. The minimum absolute atomic E-state index is 0.0672. The second kappa shape index (κ2) is 9.87. The molecule has 0 aliphatic carbocycles. The van der Waals surface area contributed by atoms with Gasteiger partial charge in [0.05, 0.1) is 6.21 Å². The summed E-state index contributed by atoms with van der Waals surface area (Å²) in [6, 6.07) is 13.6. The fourth-order valence-electron chi connectivity index (χ4n) is 2.24. The molecule has 3 N–H and O–H groups in total. The molecule has 0 spiro atoms.